The number of pyridine rings is 2. The Morgan fingerprint density at radius 3 is 2.56 bits per heavy atom. The zero-order chi connectivity index (χ0) is 19.0. The van der Waals surface area contributed by atoms with Crippen LogP contribution in [0.2, 0.25) is 0 Å². The van der Waals surface area contributed by atoms with Gasteiger partial charge in [0, 0.05) is 44.8 Å². The maximum atomic E-state index is 13.0. The number of hydrogen-bond donors (Lipinski definition) is 1. The van der Waals surface area contributed by atoms with Crippen LogP contribution in [0, 0.1) is 0 Å². The van der Waals surface area contributed by atoms with E-state index in [2.05, 4.69) is 20.2 Å². The summed E-state index contributed by atoms with van der Waals surface area (Å²) in [5.41, 5.74) is 1.34. The van der Waals surface area contributed by atoms with Gasteiger partial charge in [0.1, 0.15) is 10.5 Å². The SMILES string of the molecule is O=S(c1ccc(C(F)(F)F)cn1)n1cc(N2CCNCC2)c2ncccc21. The van der Waals surface area contributed by atoms with Crippen LogP contribution in [0.15, 0.2) is 47.9 Å². The van der Waals surface area contributed by atoms with E-state index in [9.17, 15) is 17.4 Å². The summed E-state index contributed by atoms with van der Waals surface area (Å²) in [6.07, 6.45) is -0.378. The fourth-order valence-electron chi connectivity index (χ4n) is 3.04. The molecule has 0 bridgehead atoms. The maximum absolute atomic E-state index is 13.0. The summed E-state index contributed by atoms with van der Waals surface area (Å²) in [5, 5.41) is 3.33. The minimum atomic E-state index is -4.48. The highest BCUT2D eigenvalue weighted by molar-refractivity contribution is 7.83. The van der Waals surface area contributed by atoms with E-state index in [-0.39, 0.29) is 5.03 Å². The lowest BCUT2D eigenvalue weighted by atomic mass is 10.3. The molecule has 1 fully saturated rings. The number of nitrogens with one attached hydrogen (secondary N) is 1. The van der Waals surface area contributed by atoms with Crippen molar-refractivity contribution in [3.8, 4) is 0 Å². The number of nitrogens with zero attached hydrogens (tertiary/aromatic N) is 4. The Balaban J connectivity index is 1.74. The van der Waals surface area contributed by atoms with Gasteiger partial charge in [0.25, 0.3) is 0 Å². The average molecular weight is 395 g/mol. The van der Waals surface area contributed by atoms with Crippen molar-refractivity contribution >= 4 is 27.7 Å². The van der Waals surface area contributed by atoms with Gasteiger partial charge in [-0.25, -0.2) is 9.19 Å². The van der Waals surface area contributed by atoms with Crippen molar-refractivity contribution in [2.24, 2.45) is 0 Å². The molecule has 0 saturated carbocycles. The molecule has 10 heteroatoms. The first-order valence-electron chi connectivity index (χ1n) is 8.32. The smallest absolute Gasteiger partial charge is 0.366 e. The molecule has 1 unspecified atom stereocenters. The first-order valence-corrected chi connectivity index (χ1v) is 9.43. The van der Waals surface area contributed by atoms with Crippen LogP contribution >= 0.6 is 0 Å². The molecule has 1 N–H and O–H groups in total. The highest BCUT2D eigenvalue weighted by Crippen LogP contribution is 2.31. The molecule has 0 aromatic carbocycles. The number of aromatic nitrogens is 3. The first-order chi connectivity index (χ1) is 12.9. The normalized spacial score (nSPS) is 16.6. The lowest BCUT2D eigenvalue weighted by molar-refractivity contribution is -0.137. The lowest BCUT2D eigenvalue weighted by Crippen LogP contribution is -2.43. The fourth-order valence-corrected chi connectivity index (χ4v) is 4.09. The van der Waals surface area contributed by atoms with E-state index in [0.717, 1.165) is 44.0 Å². The Morgan fingerprint density at radius 1 is 1.11 bits per heavy atom. The molecule has 27 heavy (non-hydrogen) atoms. The fraction of sp³-hybridized carbons (Fsp3) is 0.294. The van der Waals surface area contributed by atoms with Gasteiger partial charge in [-0.2, -0.15) is 13.2 Å². The molecular formula is C17H16F3N5OS. The number of fused-ring (bicyclic) bond motifs is 1. The third-order valence-corrected chi connectivity index (χ3v) is 5.64. The third kappa shape index (κ3) is 3.42. The second-order valence-corrected chi connectivity index (χ2v) is 7.39. The molecule has 0 amide bonds. The summed E-state index contributed by atoms with van der Waals surface area (Å²) < 4.78 is 52.7. The van der Waals surface area contributed by atoms with Crippen molar-refractivity contribution in [3.05, 3.63) is 48.4 Å². The molecule has 1 saturated heterocycles. The average Bonchev–Trinajstić information content (AvgIpc) is 3.07. The van der Waals surface area contributed by atoms with Crippen LogP contribution in [0.25, 0.3) is 11.0 Å². The number of halogens is 3. The van der Waals surface area contributed by atoms with Crippen molar-refractivity contribution in [1.29, 1.82) is 0 Å². The molecule has 4 rings (SSSR count). The first kappa shape index (κ1) is 17.9. The highest BCUT2D eigenvalue weighted by Gasteiger charge is 2.31. The van der Waals surface area contributed by atoms with Crippen molar-refractivity contribution in [2.75, 3.05) is 31.1 Å². The van der Waals surface area contributed by atoms with Crippen molar-refractivity contribution in [2.45, 2.75) is 11.2 Å². The van der Waals surface area contributed by atoms with Gasteiger partial charge in [0.05, 0.1) is 16.8 Å². The molecule has 0 spiro atoms. The molecule has 4 heterocycles. The largest absolute Gasteiger partial charge is 0.417 e. The summed E-state index contributed by atoms with van der Waals surface area (Å²) in [6, 6.07) is 5.56. The van der Waals surface area contributed by atoms with Crippen LogP contribution in [0.3, 0.4) is 0 Å². The van der Waals surface area contributed by atoms with Crippen LogP contribution in [0.4, 0.5) is 18.9 Å². The summed E-state index contributed by atoms with van der Waals surface area (Å²) in [6.45, 7) is 3.26. The van der Waals surface area contributed by atoms with Crippen LogP contribution in [-0.2, 0) is 17.2 Å². The Morgan fingerprint density at radius 2 is 1.89 bits per heavy atom. The van der Waals surface area contributed by atoms with E-state index in [1.807, 2.05) is 0 Å². The number of alkyl halides is 3. The topological polar surface area (TPSA) is 63.1 Å². The molecule has 142 valence electrons. The van der Waals surface area contributed by atoms with Gasteiger partial charge in [-0.15, -0.1) is 0 Å². The van der Waals surface area contributed by atoms with Gasteiger partial charge < -0.3 is 10.2 Å². The molecule has 0 aliphatic carbocycles. The van der Waals surface area contributed by atoms with Crippen molar-refractivity contribution in [3.63, 3.8) is 0 Å². The van der Waals surface area contributed by atoms with Gasteiger partial charge in [0.15, 0.2) is 11.0 Å². The number of piperazine rings is 1. The van der Waals surface area contributed by atoms with E-state index in [1.165, 1.54) is 3.97 Å². The number of hydrogen-bond acceptors (Lipinski definition) is 5. The second kappa shape index (κ2) is 6.93. The predicted molar refractivity (Wildman–Crippen MR) is 95.9 cm³/mol. The van der Waals surface area contributed by atoms with Gasteiger partial charge in [0.2, 0.25) is 0 Å². The van der Waals surface area contributed by atoms with Gasteiger partial charge in [-0.05, 0) is 24.3 Å². The van der Waals surface area contributed by atoms with E-state index in [4.69, 9.17) is 0 Å². The summed E-state index contributed by atoms with van der Waals surface area (Å²) in [4.78, 5) is 10.3. The van der Waals surface area contributed by atoms with Gasteiger partial charge in [-0.3, -0.25) is 8.96 Å². The zero-order valence-corrected chi connectivity index (χ0v) is 14.9. The van der Waals surface area contributed by atoms with Crippen LogP contribution in [0.5, 0.6) is 0 Å². The molecule has 1 aliphatic heterocycles. The molecule has 1 aliphatic rings. The Labute approximate surface area is 155 Å². The van der Waals surface area contributed by atoms with Crippen LogP contribution < -0.4 is 10.2 Å². The number of anilines is 1. The molecule has 6 nitrogen and oxygen atoms in total. The maximum Gasteiger partial charge on any atom is 0.417 e. The monoisotopic (exact) mass is 395 g/mol. The molecular weight excluding hydrogens is 379 g/mol. The standard InChI is InChI=1S/C17H16F3N5OS/c18-17(19,20)12-3-4-15(23-10-12)27(26)25-11-14(24-8-6-21-7-9-24)16-13(25)2-1-5-22-16/h1-5,10-11,21H,6-9H2. The highest BCUT2D eigenvalue weighted by atomic mass is 32.2. The Bertz CT molecular complexity index is 980. The zero-order valence-electron chi connectivity index (χ0n) is 14.1. The minimum absolute atomic E-state index is 0.0515. The Hall–Kier alpha value is -2.46. The van der Waals surface area contributed by atoms with E-state index in [1.54, 1.807) is 24.5 Å². The predicted octanol–water partition coefficient (Wildman–Crippen LogP) is 2.43. The van der Waals surface area contributed by atoms with E-state index < -0.39 is 22.7 Å². The van der Waals surface area contributed by atoms with Crippen molar-refractivity contribution < 1.29 is 17.4 Å². The van der Waals surface area contributed by atoms with Gasteiger partial charge >= 0.3 is 6.18 Å². The molecule has 1 atom stereocenters. The summed E-state index contributed by atoms with van der Waals surface area (Å²) in [7, 11) is -1.78. The lowest BCUT2D eigenvalue weighted by Gasteiger charge is -2.28. The molecule has 3 aromatic rings. The van der Waals surface area contributed by atoms with Gasteiger partial charge in [-0.1, -0.05) is 0 Å². The molecule has 0 radical (unpaired) electrons. The van der Waals surface area contributed by atoms with Crippen LogP contribution in [-0.4, -0.2) is 44.3 Å². The number of rotatable bonds is 3. The van der Waals surface area contributed by atoms with E-state index in [0.29, 0.717) is 17.2 Å². The Kier molecular flexibility index (Phi) is 4.60. The molecule has 3 aromatic heterocycles. The minimum Gasteiger partial charge on any atom is -0.366 e. The third-order valence-electron chi connectivity index (χ3n) is 4.38. The quantitative estimate of drug-likeness (QED) is 0.738. The summed E-state index contributed by atoms with van der Waals surface area (Å²) in [5.74, 6) is 0. The van der Waals surface area contributed by atoms with Crippen LogP contribution in [0.1, 0.15) is 5.56 Å². The summed E-state index contributed by atoms with van der Waals surface area (Å²) >= 11 is 0. The van der Waals surface area contributed by atoms with Crippen molar-refractivity contribution in [1.82, 2.24) is 19.3 Å². The van der Waals surface area contributed by atoms with E-state index >= 15 is 0 Å². The second-order valence-electron chi connectivity index (χ2n) is 6.08.